The van der Waals surface area contributed by atoms with Gasteiger partial charge in [-0.25, -0.2) is 4.39 Å². The number of hydrogen-bond acceptors (Lipinski definition) is 3. The van der Waals surface area contributed by atoms with Crippen LogP contribution in [0.15, 0.2) is 39.7 Å². The van der Waals surface area contributed by atoms with Crippen LogP contribution in [0.2, 0.25) is 5.02 Å². The lowest BCUT2D eigenvalue weighted by molar-refractivity contribution is 0.103. The summed E-state index contributed by atoms with van der Waals surface area (Å²) in [6, 6.07) is 5.60. The van der Waals surface area contributed by atoms with Crippen molar-refractivity contribution in [2.24, 2.45) is 0 Å². The van der Waals surface area contributed by atoms with Gasteiger partial charge in [-0.15, -0.1) is 11.3 Å². The molecule has 112 valence electrons. The molecular formula is C14H7BrClFN2O2S. The molecule has 2 heterocycles. The highest BCUT2D eigenvalue weighted by Crippen LogP contribution is 2.36. The highest BCUT2D eigenvalue weighted by molar-refractivity contribution is 9.10. The highest BCUT2D eigenvalue weighted by atomic mass is 79.9. The molecule has 0 saturated heterocycles. The third kappa shape index (κ3) is 2.79. The lowest BCUT2D eigenvalue weighted by Crippen LogP contribution is -2.19. The minimum absolute atomic E-state index is 0.0964. The van der Waals surface area contributed by atoms with Gasteiger partial charge in [-0.05, 0) is 40.2 Å². The standard InChI is InChI=1S/C14H7BrClFN2O2S/c15-6-3-9(13(20)18-5-6)19-14(21)12-11(16)8-2-1-7(17)4-10(8)22-12/h1-5H,(H,18,20)(H,19,21). The van der Waals surface area contributed by atoms with Gasteiger partial charge in [0.05, 0.1) is 5.02 Å². The maximum absolute atomic E-state index is 13.2. The molecule has 3 rings (SSSR count). The third-order valence-corrected chi connectivity index (χ3v) is 5.03. The molecule has 0 aliphatic rings. The minimum atomic E-state index is -0.518. The second-order valence-electron chi connectivity index (χ2n) is 4.40. The molecule has 0 bridgehead atoms. The Balaban J connectivity index is 2.00. The monoisotopic (exact) mass is 400 g/mol. The van der Waals surface area contributed by atoms with E-state index in [0.717, 1.165) is 11.3 Å². The van der Waals surface area contributed by atoms with Gasteiger partial charge < -0.3 is 10.3 Å². The molecular weight excluding hydrogens is 395 g/mol. The van der Waals surface area contributed by atoms with Gasteiger partial charge in [0.2, 0.25) is 0 Å². The van der Waals surface area contributed by atoms with Gasteiger partial charge in [-0.1, -0.05) is 11.6 Å². The van der Waals surface area contributed by atoms with E-state index < -0.39 is 17.3 Å². The molecule has 0 fully saturated rings. The smallest absolute Gasteiger partial charge is 0.271 e. The summed E-state index contributed by atoms with van der Waals surface area (Å²) in [6.07, 6.45) is 1.47. The molecule has 0 radical (unpaired) electrons. The summed E-state index contributed by atoms with van der Waals surface area (Å²) < 4.78 is 14.4. The number of H-pyrrole nitrogens is 1. The van der Waals surface area contributed by atoms with E-state index in [4.69, 9.17) is 11.6 Å². The predicted molar refractivity (Wildman–Crippen MR) is 89.5 cm³/mol. The molecule has 8 heteroatoms. The minimum Gasteiger partial charge on any atom is -0.326 e. The van der Waals surface area contributed by atoms with E-state index in [0.29, 0.717) is 14.6 Å². The Morgan fingerprint density at radius 1 is 1.36 bits per heavy atom. The fourth-order valence-corrected chi connectivity index (χ4v) is 3.69. The van der Waals surface area contributed by atoms with E-state index >= 15 is 0 Å². The number of hydrogen-bond donors (Lipinski definition) is 2. The lowest BCUT2D eigenvalue weighted by atomic mass is 10.2. The number of carbonyl (C=O) groups is 1. The first-order valence-electron chi connectivity index (χ1n) is 6.03. The number of benzene rings is 1. The summed E-state index contributed by atoms with van der Waals surface area (Å²) in [5.74, 6) is -0.920. The van der Waals surface area contributed by atoms with Gasteiger partial charge >= 0.3 is 0 Å². The topological polar surface area (TPSA) is 62.0 Å². The maximum atomic E-state index is 13.2. The van der Waals surface area contributed by atoms with Crippen molar-refractivity contribution in [3.8, 4) is 0 Å². The summed E-state index contributed by atoms with van der Waals surface area (Å²) >= 11 is 10.4. The number of fused-ring (bicyclic) bond motifs is 1. The normalized spacial score (nSPS) is 10.9. The second-order valence-corrected chi connectivity index (χ2v) is 6.75. The Bertz CT molecular complexity index is 954. The Morgan fingerprint density at radius 2 is 2.14 bits per heavy atom. The fraction of sp³-hybridized carbons (Fsp3) is 0. The Kier molecular flexibility index (Phi) is 4.03. The zero-order valence-corrected chi connectivity index (χ0v) is 13.9. The van der Waals surface area contributed by atoms with Crippen LogP contribution in [0, 0.1) is 5.82 Å². The average molecular weight is 402 g/mol. The van der Waals surface area contributed by atoms with Gasteiger partial charge in [0.15, 0.2) is 0 Å². The van der Waals surface area contributed by atoms with Crippen LogP contribution < -0.4 is 10.9 Å². The first kappa shape index (κ1) is 15.2. The van der Waals surface area contributed by atoms with Crippen LogP contribution in [-0.4, -0.2) is 10.9 Å². The van der Waals surface area contributed by atoms with E-state index in [9.17, 15) is 14.0 Å². The second kappa shape index (κ2) is 5.83. The Hall–Kier alpha value is -1.70. The van der Waals surface area contributed by atoms with Gasteiger partial charge in [-0.3, -0.25) is 9.59 Å². The number of thiophene rings is 1. The number of amides is 1. The van der Waals surface area contributed by atoms with Crippen LogP contribution >= 0.6 is 38.9 Å². The van der Waals surface area contributed by atoms with Crippen molar-refractivity contribution < 1.29 is 9.18 Å². The summed E-state index contributed by atoms with van der Waals surface area (Å²) in [4.78, 5) is 26.7. The number of aromatic amines is 1. The highest BCUT2D eigenvalue weighted by Gasteiger charge is 2.18. The van der Waals surface area contributed by atoms with E-state index in [1.807, 2.05) is 0 Å². The SMILES string of the molecule is O=C(Nc1cc(Br)c[nH]c1=O)c1sc2cc(F)ccc2c1Cl. The van der Waals surface area contributed by atoms with Gasteiger partial charge in [0, 0.05) is 20.8 Å². The van der Waals surface area contributed by atoms with Gasteiger partial charge in [0.1, 0.15) is 16.4 Å². The largest absolute Gasteiger partial charge is 0.326 e. The molecule has 3 aromatic rings. The third-order valence-electron chi connectivity index (χ3n) is 2.91. The van der Waals surface area contributed by atoms with E-state index in [2.05, 4.69) is 26.2 Å². The molecule has 1 amide bonds. The van der Waals surface area contributed by atoms with Gasteiger partial charge in [0.25, 0.3) is 11.5 Å². The van der Waals surface area contributed by atoms with Crippen LogP contribution in [0.5, 0.6) is 0 Å². The molecule has 22 heavy (non-hydrogen) atoms. The molecule has 2 N–H and O–H groups in total. The van der Waals surface area contributed by atoms with Crippen molar-refractivity contribution in [3.05, 3.63) is 61.0 Å². The van der Waals surface area contributed by atoms with E-state index in [-0.39, 0.29) is 15.6 Å². The molecule has 0 aliphatic heterocycles. The first-order valence-corrected chi connectivity index (χ1v) is 8.01. The van der Waals surface area contributed by atoms with Crippen LogP contribution in [-0.2, 0) is 0 Å². The summed E-state index contributed by atoms with van der Waals surface area (Å²) in [5, 5.41) is 3.34. The number of halogens is 3. The summed E-state index contributed by atoms with van der Waals surface area (Å²) in [5.41, 5.74) is -0.334. The van der Waals surface area contributed by atoms with Crippen LogP contribution in [0.3, 0.4) is 0 Å². The molecule has 0 atom stereocenters. The van der Waals surface area contributed by atoms with E-state index in [1.54, 1.807) is 0 Å². The number of pyridine rings is 1. The molecule has 4 nitrogen and oxygen atoms in total. The van der Waals surface area contributed by atoms with Crippen molar-refractivity contribution in [2.75, 3.05) is 5.32 Å². The van der Waals surface area contributed by atoms with Gasteiger partial charge in [-0.2, -0.15) is 0 Å². The number of anilines is 1. The first-order chi connectivity index (χ1) is 10.5. The maximum Gasteiger partial charge on any atom is 0.271 e. The van der Waals surface area contributed by atoms with Crippen LogP contribution in [0.25, 0.3) is 10.1 Å². The Labute approximate surface area is 141 Å². The number of aromatic nitrogens is 1. The molecule has 0 aliphatic carbocycles. The Morgan fingerprint density at radius 3 is 2.91 bits per heavy atom. The van der Waals surface area contributed by atoms with Crippen molar-refractivity contribution in [3.63, 3.8) is 0 Å². The predicted octanol–water partition coefficient (Wildman–Crippen LogP) is 4.40. The zero-order chi connectivity index (χ0) is 15.9. The molecule has 1 aromatic carbocycles. The number of rotatable bonds is 2. The van der Waals surface area contributed by atoms with Crippen LogP contribution in [0.4, 0.5) is 10.1 Å². The fourth-order valence-electron chi connectivity index (χ4n) is 1.91. The molecule has 0 saturated carbocycles. The molecule has 0 spiro atoms. The molecule has 0 unspecified atom stereocenters. The number of nitrogens with one attached hydrogen (secondary N) is 2. The summed E-state index contributed by atoms with van der Waals surface area (Å²) in [6.45, 7) is 0. The van der Waals surface area contributed by atoms with Crippen LogP contribution in [0.1, 0.15) is 9.67 Å². The van der Waals surface area contributed by atoms with Crippen molar-refractivity contribution in [2.45, 2.75) is 0 Å². The zero-order valence-electron chi connectivity index (χ0n) is 10.7. The summed E-state index contributed by atoms with van der Waals surface area (Å²) in [7, 11) is 0. The van der Waals surface area contributed by atoms with Crippen molar-refractivity contribution in [1.82, 2.24) is 4.98 Å². The lowest BCUT2D eigenvalue weighted by Gasteiger charge is -2.03. The molecule has 2 aromatic heterocycles. The van der Waals surface area contributed by atoms with Crippen molar-refractivity contribution >= 4 is 60.5 Å². The quantitative estimate of drug-likeness (QED) is 0.669. The average Bonchev–Trinajstić information content (AvgIpc) is 2.79. The van der Waals surface area contributed by atoms with E-state index in [1.165, 1.54) is 30.5 Å². The van der Waals surface area contributed by atoms with Crippen molar-refractivity contribution in [1.29, 1.82) is 0 Å². The number of carbonyl (C=O) groups excluding carboxylic acids is 1.